The van der Waals surface area contributed by atoms with Gasteiger partial charge in [0.1, 0.15) is 5.75 Å². The van der Waals surface area contributed by atoms with Gasteiger partial charge in [-0.2, -0.15) is 0 Å². The van der Waals surface area contributed by atoms with Crippen LogP contribution >= 0.6 is 95.6 Å². The summed E-state index contributed by atoms with van der Waals surface area (Å²) in [5, 5.41) is 0. The fraction of sp³-hybridized carbons (Fsp3) is 0.333. The van der Waals surface area contributed by atoms with Gasteiger partial charge in [0.15, 0.2) is 0 Å². The lowest BCUT2D eigenvalue weighted by atomic mass is 10.3. The van der Waals surface area contributed by atoms with Crippen LogP contribution in [0.4, 0.5) is 0 Å². The second-order valence-electron chi connectivity index (χ2n) is 2.95. The molecule has 1 unspecified atom stereocenters. The van der Waals surface area contributed by atoms with Gasteiger partial charge in [0.25, 0.3) is 0 Å². The van der Waals surface area contributed by atoms with E-state index in [0.29, 0.717) is 0 Å². The average Bonchev–Trinajstić information content (AvgIpc) is 2.19. The molecule has 0 aliphatic heterocycles. The largest absolute Gasteiger partial charge is 0.464 e. The van der Waals surface area contributed by atoms with Gasteiger partial charge in [0.05, 0.1) is 9.30 Å². The van der Waals surface area contributed by atoms with Crippen LogP contribution in [0.1, 0.15) is 6.92 Å². The van der Waals surface area contributed by atoms with E-state index in [4.69, 9.17) is 4.74 Å². The Balaban J connectivity index is 3.04. The highest BCUT2D eigenvalue weighted by molar-refractivity contribution is 9.26. The van der Waals surface area contributed by atoms with Gasteiger partial charge in [-0.05, 0) is 98.7 Å². The highest BCUT2D eigenvalue weighted by atomic mass is 79.9. The molecular weight excluding hydrogens is 604 g/mol. The van der Waals surface area contributed by atoms with Crippen molar-refractivity contribution >= 4 is 95.6 Å². The summed E-state index contributed by atoms with van der Waals surface area (Å²) in [5.74, 6) is 0.732. The predicted molar refractivity (Wildman–Crippen MR) is 89.1 cm³/mol. The van der Waals surface area contributed by atoms with Crippen molar-refractivity contribution in [2.45, 2.75) is 15.2 Å². The fourth-order valence-electron chi connectivity index (χ4n) is 0.815. The zero-order valence-electron chi connectivity index (χ0n) is 7.91. The van der Waals surface area contributed by atoms with E-state index in [1.807, 2.05) is 19.1 Å². The summed E-state index contributed by atoms with van der Waals surface area (Å²) >= 11 is 20.7. The molecule has 0 fully saturated rings. The van der Waals surface area contributed by atoms with Crippen LogP contribution in [0.5, 0.6) is 5.75 Å². The van der Waals surface area contributed by atoms with E-state index in [1.54, 1.807) is 0 Å². The highest BCUT2D eigenvalue weighted by Gasteiger charge is 2.31. The van der Waals surface area contributed by atoms with E-state index >= 15 is 0 Å². The van der Waals surface area contributed by atoms with Crippen molar-refractivity contribution in [2.24, 2.45) is 0 Å². The number of hydrogen-bond donors (Lipinski definition) is 0. The maximum absolute atomic E-state index is 5.82. The minimum atomic E-state index is -0.643. The van der Waals surface area contributed by atoms with Crippen LogP contribution in [0.2, 0.25) is 0 Å². The maximum Gasteiger partial charge on any atom is 0.230 e. The van der Waals surface area contributed by atoms with Crippen molar-refractivity contribution in [3.63, 3.8) is 0 Å². The molecule has 0 aliphatic rings. The molecule has 0 heterocycles. The monoisotopic (exact) mass is 604 g/mol. The van der Waals surface area contributed by atoms with Crippen LogP contribution in [0.25, 0.3) is 0 Å². The molecule has 0 amide bonds. The molecule has 0 saturated carbocycles. The Morgan fingerprint density at radius 2 is 1.69 bits per heavy atom. The van der Waals surface area contributed by atoms with Crippen LogP contribution in [0.3, 0.4) is 0 Å². The smallest absolute Gasteiger partial charge is 0.230 e. The molecule has 1 atom stereocenters. The second-order valence-corrected chi connectivity index (χ2v) is 10.2. The Morgan fingerprint density at radius 3 is 2.19 bits per heavy atom. The standard InChI is InChI=1S/C9H6Br6O/c1-4(10)9(14,15)16-6-3-2-5(11)7(12)8(6)13/h2-4H,1H3. The SMILES string of the molecule is CC(Br)C(Br)(Br)Oc1ccc(Br)c(Br)c1Br. The molecule has 0 saturated heterocycles. The molecule has 1 aromatic carbocycles. The Kier molecular flexibility index (Phi) is 6.35. The summed E-state index contributed by atoms with van der Waals surface area (Å²) < 4.78 is 7.92. The molecule has 0 radical (unpaired) electrons. The zero-order chi connectivity index (χ0) is 12.5. The third-order valence-corrected chi connectivity index (χ3v) is 8.62. The Labute approximate surface area is 145 Å². The van der Waals surface area contributed by atoms with Gasteiger partial charge in [0, 0.05) is 8.95 Å². The normalized spacial score (nSPS) is 13.7. The van der Waals surface area contributed by atoms with Gasteiger partial charge in [-0.1, -0.05) is 15.9 Å². The van der Waals surface area contributed by atoms with E-state index < -0.39 is 3.42 Å². The van der Waals surface area contributed by atoms with Gasteiger partial charge < -0.3 is 4.74 Å². The van der Waals surface area contributed by atoms with E-state index in [1.165, 1.54) is 0 Å². The van der Waals surface area contributed by atoms with E-state index in [0.717, 1.165) is 19.2 Å². The summed E-state index contributed by atoms with van der Waals surface area (Å²) in [6, 6.07) is 3.80. The van der Waals surface area contributed by atoms with E-state index in [2.05, 4.69) is 95.6 Å². The number of halogens is 6. The van der Waals surface area contributed by atoms with Crippen LogP contribution < -0.4 is 4.74 Å². The predicted octanol–water partition coefficient (Wildman–Crippen LogP) is 6.58. The molecular formula is C9H6Br6O. The molecule has 0 bridgehead atoms. The fourth-order valence-corrected chi connectivity index (χ4v) is 2.61. The molecule has 0 N–H and O–H groups in total. The molecule has 90 valence electrons. The van der Waals surface area contributed by atoms with Gasteiger partial charge in [-0.25, -0.2) is 0 Å². The lowest BCUT2D eigenvalue weighted by Gasteiger charge is -2.26. The average molecular weight is 610 g/mol. The van der Waals surface area contributed by atoms with Gasteiger partial charge in [-0.15, -0.1) is 0 Å². The third-order valence-electron chi connectivity index (χ3n) is 1.71. The van der Waals surface area contributed by atoms with E-state index in [9.17, 15) is 0 Å². The van der Waals surface area contributed by atoms with Crippen LogP contribution in [-0.4, -0.2) is 8.25 Å². The minimum absolute atomic E-state index is 0.0920. The van der Waals surface area contributed by atoms with Crippen LogP contribution in [0, 0.1) is 0 Å². The topological polar surface area (TPSA) is 9.23 Å². The highest BCUT2D eigenvalue weighted by Crippen LogP contribution is 2.43. The molecule has 16 heavy (non-hydrogen) atoms. The van der Waals surface area contributed by atoms with Crippen molar-refractivity contribution in [1.82, 2.24) is 0 Å². The second kappa shape index (κ2) is 6.37. The summed E-state index contributed by atoms with van der Waals surface area (Å²) in [6.07, 6.45) is 0. The van der Waals surface area contributed by atoms with Gasteiger partial charge in [-0.3, -0.25) is 0 Å². The molecule has 7 heteroatoms. The van der Waals surface area contributed by atoms with Crippen molar-refractivity contribution in [3.8, 4) is 5.75 Å². The first-order valence-electron chi connectivity index (χ1n) is 4.10. The number of alkyl halides is 3. The Morgan fingerprint density at radius 1 is 1.12 bits per heavy atom. The number of ether oxygens (including phenoxy) is 1. The molecule has 0 aromatic heterocycles. The third kappa shape index (κ3) is 3.95. The lowest BCUT2D eigenvalue weighted by molar-refractivity contribution is 0.271. The summed E-state index contributed by atoms with van der Waals surface area (Å²) in [7, 11) is 0. The Hall–Kier alpha value is 1.90. The molecule has 1 aromatic rings. The lowest BCUT2D eigenvalue weighted by Crippen LogP contribution is -2.29. The van der Waals surface area contributed by atoms with Crippen LogP contribution in [-0.2, 0) is 0 Å². The summed E-state index contributed by atoms with van der Waals surface area (Å²) in [4.78, 5) is 0.0920. The number of rotatable bonds is 3. The zero-order valence-corrected chi connectivity index (χ0v) is 17.4. The van der Waals surface area contributed by atoms with Gasteiger partial charge >= 0.3 is 0 Å². The first-order chi connectivity index (χ1) is 7.25. The van der Waals surface area contributed by atoms with Crippen molar-refractivity contribution < 1.29 is 4.74 Å². The summed E-state index contributed by atoms with van der Waals surface area (Å²) in [6.45, 7) is 1.98. The minimum Gasteiger partial charge on any atom is -0.464 e. The molecule has 0 aliphatic carbocycles. The van der Waals surface area contributed by atoms with Crippen molar-refractivity contribution in [2.75, 3.05) is 0 Å². The van der Waals surface area contributed by atoms with Crippen LogP contribution in [0.15, 0.2) is 25.6 Å². The summed E-state index contributed by atoms with van der Waals surface area (Å²) in [5.41, 5.74) is 0. The molecule has 0 spiro atoms. The van der Waals surface area contributed by atoms with Crippen molar-refractivity contribution in [1.29, 1.82) is 0 Å². The molecule has 1 nitrogen and oxygen atoms in total. The number of hydrogen-bond acceptors (Lipinski definition) is 1. The maximum atomic E-state index is 5.82. The Bertz CT molecular complexity index is 390. The van der Waals surface area contributed by atoms with Crippen molar-refractivity contribution in [3.05, 3.63) is 25.6 Å². The van der Waals surface area contributed by atoms with E-state index in [-0.39, 0.29) is 4.83 Å². The molecule has 1 rings (SSSR count). The quantitative estimate of drug-likeness (QED) is 0.278. The first-order valence-corrected chi connectivity index (χ1v) is 8.98. The number of benzene rings is 1. The van der Waals surface area contributed by atoms with Gasteiger partial charge in [0.2, 0.25) is 3.42 Å². The first kappa shape index (κ1) is 16.0.